The Kier molecular flexibility index (Phi) is 2.70. The van der Waals surface area contributed by atoms with Crippen molar-refractivity contribution in [3.8, 4) is 0 Å². The van der Waals surface area contributed by atoms with Gasteiger partial charge in [0.15, 0.2) is 0 Å². The molecule has 0 heterocycles. The van der Waals surface area contributed by atoms with E-state index in [0.717, 1.165) is 0 Å². The van der Waals surface area contributed by atoms with E-state index in [9.17, 15) is 10.2 Å². The first-order valence-corrected chi connectivity index (χ1v) is 3.87. The first-order chi connectivity index (χ1) is 5.46. The number of aliphatic hydroxyl groups is 5. The van der Waals surface area contributed by atoms with Crippen LogP contribution in [0.4, 0.5) is 0 Å². The minimum atomic E-state index is -1.48. The molecule has 1 rings (SSSR count). The highest BCUT2D eigenvalue weighted by molar-refractivity contribution is 4.96. The van der Waals surface area contributed by atoms with Crippen LogP contribution >= 0.6 is 0 Å². The fraction of sp³-hybridized carbons (Fsp3) is 1.00. The lowest BCUT2D eigenvalue weighted by atomic mass is 9.80. The van der Waals surface area contributed by atoms with Gasteiger partial charge >= 0.3 is 0 Å². The standard InChI is InChI=1S/C7H14O5/c1-2-3(8)5(10)7(12)6(11)4(2)9/h2-12H,1H3/t2-,3-,4-,5+,6-,7-/m0/s1. The Hall–Kier alpha value is -0.200. The summed E-state index contributed by atoms with van der Waals surface area (Å²) in [6.07, 6.45) is -6.65. The number of rotatable bonds is 0. The molecule has 5 heteroatoms. The average molecular weight is 178 g/mol. The summed E-state index contributed by atoms with van der Waals surface area (Å²) in [6.45, 7) is 1.49. The maximum Gasteiger partial charge on any atom is 0.111 e. The third-order valence-corrected chi connectivity index (χ3v) is 2.48. The molecule has 1 aliphatic rings. The van der Waals surface area contributed by atoms with Gasteiger partial charge in [0.05, 0.1) is 12.2 Å². The molecule has 5 N–H and O–H groups in total. The number of aliphatic hydroxyl groups excluding tert-OH is 5. The molecular formula is C7H14O5. The molecule has 0 aromatic carbocycles. The molecule has 0 spiro atoms. The van der Waals surface area contributed by atoms with E-state index >= 15 is 0 Å². The molecule has 72 valence electrons. The molecule has 6 atom stereocenters. The van der Waals surface area contributed by atoms with Crippen molar-refractivity contribution in [3.63, 3.8) is 0 Å². The van der Waals surface area contributed by atoms with Crippen LogP contribution in [0.25, 0.3) is 0 Å². The molecule has 1 fully saturated rings. The highest BCUT2D eigenvalue weighted by atomic mass is 16.4. The fourth-order valence-electron chi connectivity index (χ4n) is 1.43. The molecule has 0 saturated heterocycles. The molecule has 0 aliphatic heterocycles. The van der Waals surface area contributed by atoms with E-state index in [2.05, 4.69) is 0 Å². The van der Waals surface area contributed by atoms with Gasteiger partial charge in [-0.25, -0.2) is 0 Å². The van der Waals surface area contributed by atoms with Crippen LogP contribution in [0.15, 0.2) is 0 Å². The summed E-state index contributed by atoms with van der Waals surface area (Å²) in [5.41, 5.74) is 0. The Bertz CT molecular complexity index is 103. The van der Waals surface area contributed by atoms with Crippen molar-refractivity contribution in [1.29, 1.82) is 0 Å². The normalized spacial score (nSPS) is 55.5. The summed E-state index contributed by atoms with van der Waals surface area (Å²) in [4.78, 5) is 0. The van der Waals surface area contributed by atoms with Gasteiger partial charge in [0.1, 0.15) is 18.3 Å². The Morgan fingerprint density at radius 1 is 0.583 bits per heavy atom. The van der Waals surface area contributed by atoms with Crippen molar-refractivity contribution in [3.05, 3.63) is 0 Å². The van der Waals surface area contributed by atoms with Crippen molar-refractivity contribution in [2.45, 2.75) is 37.4 Å². The van der Waals surface area contributed by atoms with E-state index in [1.165, 1.54) is 6.92 Å². The van der Waals surface area contributed by atoms with E-state index in [-0.39, 0.29) is 0 Å². The first-order valence-electron chi connectivity index (χ1n) is 3.87. The van der Waals surface area contributed by atoms with Gasteiger partial charge in [-0.1, -0.05) is 6.92 Å². The summed E-state index contributed by atoms with van der Waals surface area (Å²) in [5, 5.41) is 45.8. The van der Waals surface area contributed by atoms with Gasteiger partial charge in [0, 0.05) is 5.92 Å². The van der Waals surface area contributed by atoms with Crippen LogP contribution < -0.4 is 0 Å². The lowest BCUT2D eigenvalue weighted by Crippen LogP contribution is -2.60. The Morgan fingerprint density at radius 2 is 0.833 bits per heavy atom. The van der Waals surface area contributed by atoms with Crippen molar-refractivity contribution in [2.75, 3.05) is 0 Å². The van der Waals surface area contributed by atoms with Gasteiger partial charge in [0.2, 0.25) is 0 Å². The molecule has 0 aromatic heterocycles. The predicted octanol–water partition coefficient (Wildman–Crippen LogP) is -2.56. The molecule has 0 unspecified atom stereocenters. The second-order valence-corrected chi connectivity index (χ2v) is 3.31. The van der Waals surface area contributed by atoms with E-state index in [1.54, 1.807) is 0 Å². The van der Waals surface area contributed by atoms with E-state index in [4.69, 9.17) is 15.3 Å². The molecule has 0 amide bonds. The summed E-state index contributed by atoms with van der Waals surface area (Å²) < 4.78 is 0. The van der Waals surface area contributed by atoms with Gasteiger partial charge in [-0.15, -0.1) is 0 Å². The molecular weight excluding hydrogens is 164 g/mol. The average Bonchev–Trinajstić information content (AvgIpc) is 2.08. The Labute approximate surface area is 69.9 Å². The molecule has 0 aromatic rings. The largest absolute Gasteiger partial charge is 0.390 e. The fourth-order valence-corrected chi connectivity index (χ4v) is 1.43. The van der Waals surface area contributed by atoms with Crippen LogP contribution in [0, 0.1) is 5.92 Å². The summed E-state index contributed by atoms with van der Waals surface area (Å²) >= 11 is 0. The lowest BCUT2D eigenvalue weighted by Gasteiger charge is -2.40. The SMILES string of the molecule is C[C@@H]1[C@H](O)[C@H](O)[C@@H](O)[C@H](O)[C@H]1O. The van der Waals surface area contributed by atoms with E-state index in [0.29, 0.717) is 0 Å². The summed E-state index contributed by atoms with van der Waals surface area (Å²) in [7, 11) is 0. The van der Waals surface area contributed by atoms with Crippen LogP contribution in [0.2, 0.25) is 0 Å². The van der Waals surface area contributed by atoms with Crippen molar-refractivity contribution < 1.29 is 25.5 Å². The minimum absolute atomic E-state index is 0.640. The summed E-state index contributed by atoms with van der Waals surface area (Å²) in [5.74, 6) is -0.640. The van der Waals surface area contributed by atoms with Crippen molar-refractivity contribution >= 4 is 0 Å². The Balaban J connectivity index is 2.76. The van der Waals surface area contributed by atoms with Crippen LogP contribution in [0.5, 0.6) is 0 Å². The summed E-state index contributed by atoms with van der Waals surface area (Å²) in [6, 6.07) is 0. The van der Waals surface area contributed by atoms with Crippen LogP contribution in [-0.2, 0) is 0 Å². The van der Waals surface area contributed by atoms with Gasteiger partial charge in [-0.3, -0.25) is 0 Å². The topological polar surface area (TPSA) is 101 Å². The molecule has 1 saturated carbocycles. The third-order valence-electron chi connectivity index (χ3n) is 2.48. The second kappa shape index (κ2) is 3.27. The number of hydrogen-bond donors (Lipinski definition) is 5. The van der Waals surface area contributed by atoms with Gasteiger partial charge in [-0.05, 0) is 0 Å². The minimum Gasteiger partial charge on any atom is -0.390 e. The zero-order valence-corrected chi connectivity index (χ0v) is 6.70. The zero-order valence-electron chi connectivity index (χ0n) is 6.70. The van der Waals surface area contributed by atoms with E-state index < -0.39 is 36.4 Å². The maximum atomic E-state index is 9.22. The molecule has 0 bridgehead atoms. The zero-order chi connectivity index (χ0) is 9.46. The Morgan fingerprint density at radius 3 is 1.17 bits per heavy atom. The van der Waals surface area contributed by atoms with Gasteiger partial charge < -0.3 is 25.5 Å². The lowest BCUT2D eigenvalue weighted by molar-refractivity contribution is -0.200. The quantitative estimate of drug-likeness (QED) is 0.281. The highest BCUT2D eigenvalue weighted by Gasteiger charge is 2.45. The maximum absolute atomic E-state index is 9.22. The van der Waals surface area contributed by atoms with Gasteiger partial charge in [0.25, 0.3) is 0 Å². The second-order valence-electron chi connectivity index (χ2n) is 3.31. The van der Waals surface area contributed by atoms with Crippen molar-refractivity contribution in [2.24, 2.45) is 5.92 Å². The first kappa shape index (κ1) is 9.88. The number of hydrogen-bond acceptors (Lipinski definition) is 5. The molecule has 1 aliphatic carbocycles. The smallest absolute Gasteiger partial charge is 0.111 e. The van der Waals surface area contributed by atoms with Crippen LogP contribution in [-0.4, -0.2) is 56.1 Å². The molecule has 5 nitrogen and oxygen atoms in total. The monoisotopic (exact) mass is 178 g/mol. The highest BCUT2D eigenvalue weighted by Crippen LogP contribution is 2.25. The van der Waals surface area contributed by atoms with Crippen LogP contribution in [0.3, 0.4) is 0 Å². The third kappa shape index (κ3) is 1.34. The molecule has 0 radical (unpaired) electrons. The van der Waals surface area contributed by atoms with Crippen molar-refractivity contribution in [1.82, 2.24) is 0 Å². The van der Waals surface area contributed by atoms with Crippen LogP contribution in [0.1, 0.15) is 6.92 Å². The van der Waals surface area contributed by atoms with Gasteiger partial charge in [-0.2, -0.15) is 0 Å². The van der Waals surface area contributed by atoms with E-state index in [1.807, 2.05) is 0 Å². The predicted molar refractivity (Wildman–Crippen MR) is 39.2 cm³/mol. The molecule has 12 heavy (non-hydrogen) atoms.